The molecule has 1 heterocycles. The molecule has 0 aliphatic heterocycles. The Bertz CT molecular complexity index is 339. The average Bonchev–Trinajstić information content (AvgIpc) is 2.54. The summed E-state index contributed by atoms with van der Waals surface area (Å²) in [6, 6.07) is 0. The van der Waals surface area contributed by atoms with Gasteiger partial charge in [-0.1, -0.05) is 24.9 Å². The van der Waals surface area contributed by atoms with Crippen LogP contribution in [-0.4, -0.2) is 29.5 Å². The van der Waals surface area contributed by atoms with Gasteiger partial charge in [-0.3, -0.25) is 4.68 Å². The fraction of sp³-hybridized carbons (Fsp3) is 0.750. The first-order valence-electron chi connectivity index (χ1n) is 6.13. The van der Waals surface area contributed by atoms with Crippen LogP contribution < -0.4 is 5.32 Å². The molecule has 0 atom stereocenters. The molecule has 0 fully saturated rings. The Morgan fingerprint density at radius 3 is 2.76 bits per heavy atom. The van der Waals surface area contributed by atoms with Crippen molar-refractivity contribution in [2.75, 3.05) is 19.8 Å². The molecule has 0 unspecified atom stereocenters. The molecule has 98 valence electrons. The Hall–Kier alpha value is -0.580. The van der Waals surface area contributed by atoms with Gasteiger partial charge in [-0.25, -0.2) is 0 Å². The number of aryl methyl sites for hydroxylation is 2. The van der Waals surface area contributed by atoms with E-state index in [-0.39, 0.29) is 0 Å². The third-order valence-electron chi connectivity index (χ3n) is 2.64. The average molecular weight is 260 g/mol. The third-order valence-corrected chi connectivity index (χ3v) is 3.11. The Labute approximate surface area is 108 Å². The van der Waals surface area contributed by atoms with Gasteiger partial charge in [0.2, 0.25) is 0 Å². The molecule has 4 nitrogen and oxygen atoms in total. The predicted octanol–water partition coefficient (Wildman–Crippen LogP) is 2.29. The van der Waals surface area contributed by atoms with E-state index in [4.69, 9.17) is 16.3 Å². The highest BCUT2D eigenvalue weighted by Gasteiger charge is 2.09. The number of unbranched alkanes of at least 4 members (excludes halogenated alkanes) is 1. The molecule has 1 rings (SSSR count). The fourth-order valence-corrected chi connectivity index (χ4v) is 1.82. The van der Waals surface area contributed by atoms with Crippen LogP contribution in [0.2, 0.25) is 5.15 Å². The van der Waals surface area contributed by atoms with E-state index < -0.39 is 0 Å². The molecule has 0 bridgehead atoms. The number of hydrogen-bond donors (Lipinski definition) is 1. The van der Waals surface area contributed by atoms with Crippen LogP contribution in [0.15, 0.2) is 0 Å². The number of rotatable bonds is 8. The van der Waals surface area contributed by atoms with Crippen molar-refractivity contribution in [3.05, 3.63) is 16.4 Å². The second kappa shape index (κ2) is 7.69. The lowest BCUT2D eigenvalue weighted by molar-refractivity contribution is 0.133. The Balaban J connectivity index is 2.18. The predicted molar refractivity (Wildman–Crippen MR) is 70.4 cm³/mol. The molecule has 0 saturated carbocycles. The van der Waals surface area contributed by atoms with Gasteiger partial charge < -0.3 is 10.1 Å². The summed E-state index contributed by atoms with van der Waals surface area (Å²) in [5.41, 5.74) is 2.06. The molecular formula is C12H22ClN3O. The second-order valence-electron chi connectivity index (χ2n) is 4.12. The summed E-state index contributed by atoms with van der Waals surface area (Å²) < 4.78 is 7.16. The minimum Gasteiger partial charge on any atom is -0.380 e. The maximum Gasteiger partial charge on any atom is 0.131 e. The zero-order valence-electron chi connectivity index (χ0n) is 10.9. The summed E-state index contributed by atoms with van der Waals surface area (Å²) in [6.07, 6.45) is 2.31. The van der Waals surface area contributed by atoms with E-state index in [0.717, 1.165) is 44.0 Å². The van der Waals surface area contributed by atoms with E-state index in [1.165, 1.54) is 6.42 Å². The van der Waals surface area contributed by atoms with Crippen LogP contribution in [0.5, 0.6) is 0 Å². The van der Waals surface area contributed by atoms with Gasteiger partial charge in [0.25, 0.3) is 0 Å². The Morgan fingerprint density at radius 1 is 1.41 bits per heavy atom. The van der Waals surface area contributed by atoms with E-state index in [1.807, 2.05) is 14.0 Å². The fourth-order valence-electron chi connectivity index (χ4n) is 1.58. The van der Waals surface area contributed by atoms with E-state index in [1.54, 1.807) is 4.68 Å². The van der Waals surface area contributed by atoms with Gasteiger partial charge in [0, 0.05) is 32.3 Å². The lowest BCUT2D eigenvalue weighted by Gasteiger charge is -2.05. The molecule has 1 N–H and O–H groups in total. The standard InChI is InChI=1S/C12H22ClN3O/c1-4-5-7-17-8-6-14-9-11-10(2)15-16(3)12(11)13/h14H,4-9H2,1-3H3. The van der Waals surface area contributed by atoms with E-state index in [0.29, 0.717) is 5.15 Å². The Kier molecular flexibility index (Phi) is 6.55. The summed E-state index contributed by atoms with van der Waals surface area (Å²) >= 11 is 6.12. The van der Waals surface area contributed by atoms with Gasteiger partial charge in [-0.15, -0.1) is 0 Å². The van der Waals surface area contributed by atoms with Gasteiger partial charge in [0.1, 0.15) is 5.15 Å². The summed E-state index contributed by atoms with van der Waals surface area (Å²) in [5, 5.41) is 8.28. The first-order valence-corrected chi connectivity index (χ1v) is 6.51. The molecule has 1 aromatic heterocycles. The van der Waals surface area contributed by atoms with Crippen molar-refractivity contribution in [1.82, 2.24) is 15.1 Å². The summed E-state index contributed by atoms with van der Waals surface area (Å²) in [6.45, 7) is 7.32. The number of nitrogens with zero attached hydrogens (tertiary/aromatic N) is 2. The van der Waals surface area contributed by atoms with Gasteiger partial charge in [0.05, 0.1) is 12.3 Å². The number of halogens is 1. The van der Waals surface area contributed by atoms with Crippen LogP contribution in [0, 0.1) is 6.92 Å². The smallest absolute Gasteiger partial charge is 0.131 e. The molecule has 0 spiro atoms. The highest BCUT2D eigenvalue weighted by Crippen LogP contribution is 2.17. The van der Waals surface area contributed by atoms with E-state index >= 15 is 0 Å². The first kappa shape index (κ1) is 14.5. The topological polar surface area (TPSA) is 39.1 Å². The van der Waals surface area contributed by atoms with Crippen molar-refractivity contribution in [1.29, 1.82) is 0 Å². The van der Waals surface area contributed by atoms with Crippen LogP contribution in [0.1, 0.15) is 31.0 Å². The first-order chi connectivity index (χ1) is 8.16. The molecule has 0 amide bonds. The van der Waals surface area contributed by atoms with Crippen LogP contribution >= 0.6 is 11.6 Å². The monoisotopic (exact) mass is 259 g/mol. The van der Waals surface area contributed by atoms with Crippen LogP contribution in [-0.2, 0) is 18.3 Å². The number of aromatic nitrogens is 2. The lowest BCUT2D eigenvalue weighted by atomic mass is 10.2. The highest BCUT2D eigenvalue weighted by atomic mass is 35.5. The normalized spacial score (nSPS) is 11.1. The van der Waals surface area contributed by atoms with Gasteiger partial charge in [0.15, 0.2) is 0 Å². The van der Waals surface area contributed by atoms with Crippen molar-refractivity contribution in [3.63, 3.8) is 0 Å². The van der Waals surface area contributed by atoms with Crippen molar-refractivity contribution < 1.29 is 4.74 Å². The minimum atomic E-state index is 0.710. The molecule has 5 heteroatoms. The minimum absolute atomic E-state index is 0.710. The second-order valence-corrected chi connectivity index (χ2v) is 4.48. The molecule has 17 heavy (non-hydrogen) atoms. The molecule has 0 aromatic carbocycles. The number of hydrogen-bond acceptors (Lipinski definition) is 3. The van der Waals surface area contributed by atoms with E-state index in [9.17, 15) is 0 Å². The van der Waals surface area contributed by atoms with Gasteiger partial charge in [-0.05, 0) is 13.3 Å². The van der Waals surface area contributed by atoms with Crippen molar-refractivity contribution >= 4 is 11.6 Å². The number of nitrogens with one attached hydrogen (secondary N) is 1. The summed E-state index contributed by atoms with van der Waals surface area (Å²) in [5.74, 6) is 0. The van der Waals surface area contributed by atoms with Crippen LogP contribution in [0.3, 0.4) is 0 Å². The largest absolute Gasteiger partial charge is 0.380 e. The van der Waals surface area contributed by atoms with Gasteiger partial charge >= 0.3 is 0 Å². The van der Waals surface area contributed by atoms with E-state index in [2.05, 4.69) is 17.3 Å². The maximum absolute atomic E-state index is 6.12. The zero-order valence-corrected chi connectivity index (χ0v) is 11.7. The maximum atomic E-state index is 6.12. The zero-order chi connectivity index (χ0) is 12.7. The highest BCUT2D eigenvalue weighted by molar-refractivity contribution is 6.30. The van der Waals surface area contributed by atoms with Gasteiger partial charge in [-0.2, -0.15) is 5.10 Å². The third kappa shape index (κ3) is 4.66. The Morgan fingerprint density at radius 2 is 2.18 bits per heavy atom. The molecule has 0 radical (unpaired) electrons. The quantitative estimate of drug-likeness (QED) is 0.728. The SMILES string of the molecule is CCCCOCCNCc1c(C)nn(C)c1Cl. The lowest BCUT2D eigenvalue weighted by Crippen LogP contribution is -2.19. The van der Waals surface area contributed by atoms with Crippen molar-refractivity contribution in [3.8, 4) is 0 Å². The molecule has 0 aliphatic rings. The van der Waals surface area contributed by atoms with Crippen LogP contribution in [0.25, 0.3) is 0 Å². The molecule has 0 saturated heterocycles. The number of ether oxygens (including phenoxy) is 1. The molecule has 0 aliphatic carbocycles. The van der Waals surface area contributed by atoms with Crippen molar-refractivity contribution in [2.45, 2.75) is 33.2 Å². The van der Waals surface area contributed by atoms with Crippen molar-refractivity contribution in [2.24, 2.45) is 7.05 Å². The molecule has 1 aromatic rings. The van der Waals surface area contributed by atoms with Crippen LogP contribution in [0.4, 0.5) is 0 Å². The summed E-state index contributed by atoms with van der Waals surface area (Å²) in [4.78, 5) is 0. The summed E-state index contributed by atoms with van der Waals surface area (Å²) in [7, 11) is 1.85. The molecular weight excluding hydrogens is 238 g/mol.